The van der Waals surface area contributed by atoms with Crippen LogP contribution in [0.1, 0.15) is 29.7 Å². The van der Waals surface area contributed by atoms with Crippen LogP contribution in [0.5, 0.6) is 5.75 Å². The molecule has 2 rings (SSSR count). The predicted octanol–water partition coefficient (Wildman–Crippen LogP) is 3.85. The van der Waals surface area contributed by atoms with E-state index in [2.05, 4.69) is 55.6 Å². The Morgan fingerprint density at radius 2 is 1.89 bits per heavy atom. The van der Waals surface area contributed by atoms with E-state index in [1.807, 2.05) is 12.1 Å². The molecule has 0 spiro atoms. The largest absolute Gasteiger partial charge is 0.497 e. The number of ether oxygens (including phenoxy) is 1. The fourth-order valence-corrected chi connectivity index (χ4v) is 2.10. The van der Waals surface area contributed by atoms with Crippen LogP contribution < -0.4 is 10.1 Å². The second kappa shape index (κ2) is 6.39. The Morgan fingerprint density at radius 1 is 1.11 bits per heavy atom. The molecule has 0 aliphatic rings. The highest BCUT2D eigenvalue weighted by Crippen LogP contribution is 2.19. The minimum Gasteiger partial charge on any atom is -0.497 e. The van der Waals surface area contributed by atoms with Crippen molar-refractivity contribution < 1.29 is 4.74 Å². The molecule has 0 bridgehead atoms. The molecule has 0 fully saturated rings. The van der Waals surface area contributed by atoms with Gasteiger partial charge in [-0.05, 0) is 42.7 Å². The summed E-state index contributed by atoms with van der Waals surface area (Å²) >= 11 is 0. The van der Waals surface area contributed by atoms with Gasteiger partial charge in [-0.1, -0.05) is 36.4 Å². The van der Waals surface area contributed by atoms with Gasteiger partial charge in [0, 0.05) is 12.6 Å². The quantitative estimate of drug-likeness (QED) is 0.876. The van der Waals surface area contributed by atoms with Crippen molar-refractivity contribution in [2.75, 3.05) is 7.11 Å². The first-order chi connectivity index (χ1) is 9.20. The van der Waals surface area contributed by atoms with E-state index in [1.165, 1.54) is 16.7 Å². The van der Waals surface area contributed by atoms with Crippen molar-refractivity contribution in [2.45, 2.75) is 26.4 Å². The molecule has 0 aliphatic heterocycles. The zero-order valence-corrected chi connectivity index (χ0v) is 11.8. The van der Waals surface area contributed by atoms with E-state index in [0.29, 0.717) is 6.04 Å². The van der Waals surface area contributed by atoms with Crippen LogP contribution in [0.3, 0.4) is 0 Å². The summed E-state index contributed by atoms with van der Waals surface area (Å²) in [6, 6.07) is 17.0. The van der Waals surface area contributed by atoms with Crippen LogP contribution in [0.25, 0.3) is 0 Å². The Morgan fingerprint density at radius 3 is 2.63 bits per heavy atom. The molecule has 0 aliphatic carbocycles. The third-order valence-electron chi connectivity index (χ3n) is 3.45. The lowest BCUT2D eigenvalue weighted by molar-refractivity contribution is 0.413. The molecule has 100 valence electrons. The van der Waals surface area contributed by atoms with Gasteiger partial charge in [-0.25, -0.2) is 0 Å². The zero-order chi connectivity index (χ0) is 13.7. The first kappa shape index (κ1) is 13.6. The summed E-state index contributed by atoms with van der Waals surface area (Å²) in [5, 5.41) is 3.55. The van der Waals surface area contributed by atoms with E-state index in [0.717, 1.165) is 12.3 Å². The number of hydrogen-bond acceptors (Lipinski definition) is 2. The summed E-state index contributed by atoms with van der Waals surface area (Å²) in [6.07, 6.45) is 0. The lowest BCUT2D eigenvalue weighted by Gasteiger charge is -2.16. The maximum atomic E-state index is 5.26. The lowest BCUT2D eigenvalue weighted by Crippen LogP contribution is -2.18. The first-order valence-corrected chi connectivity index (χ1v) is 6.62. The molecule has 0 heterocycles. The SMILES string of the molecule is COc1cccc(C(C)NCc2ccccc2C)c1. The molecule has 0 radical (unpaired) electrons. The molecule has 0 aromatic heterocycles. The maximum absolute atomic E-state index is 5.26. The van der Waals surface area contributed by atoms with Gasteiger partial charge >= 0.3 is 0 Å². The van der Waals surface area contributed by atoms with E-state index in [4.69, 9.17) is 4.74 Å². The highest BCUT2D eigenvalue weighted by Gasteiger charge is 2.06. The molecule has 2 aromatic rings. The summed E-state index contributed by atoms with van der Waals surface area (Å²) in [7, 11) is 1.70. The van der Waals surface area contributed by atoms with Crippen LogP contribution in [0, 0.1) is 6.92 Å². The van der Waals surface area contributed by atoms with Gasteiger partial charge in [0.1, 0.15) is 5.75 Å². The number of nitrogens with one attached hydrogen (secondary N) is 1. The predicted molar refractivity (Wildman–Crippen MR) is 79.4 cm³/mol. The molecule has 1 unspecified atom stereocenters. The molecule has 0 saturated heterocycles. The molecule has 1 atom stereocenters. The number of aryl methyl sites for hydroxylation is 1. The van der Waals surface area contributed by atoms with Gasteiger partial charge in [-0.3, -0.25) is 0 Å². The second-order valence-electron chi connectivity index (χ2n) is 4.81. The summed E-state index contributed by atoms with van der Waals surface area (Å²) in [5.41, 5.74) is 3.91. The van der Waals surface area contributed by atoms with E-state index >= 15 is 0 Å². The Hall–Kier alpha value is -1.80. The normalized spacial score (nSPS) is 12.2. The van der Waals surface area contributed by atoms with Crippen molar-refractivity contribution in [3.63, 3.8) is 0 Å². The molecular weight excluding hydrogens is 234 g/mol. The average molecular weight is 255 g/mol. The summed E-state index contributed by atoms with van der Waals surface area (Å²) in [4.78, 5) is 0. The zero-order valence-electron chi connectivity index (χ0n) is 11.8. The van der Waals surface area contributed by atoms with Crippen molar-refractivity contribution in [3.05, 3.63) is 65.2 Å². The fraction of sp³-hybridized carbons (Fsp3) is 0.294. The van der Waals surface area contributed by atoms with Crippen molar-refractivity contribution in [1.82, 2.24) is 5.32 Å². The van der Waals surface area contributed by atoms with Crippen molar-refractivity contribution in [2.24, 2.45) is 0 Å². The van der Waals surface area contributed by atoms with Crippen LogP contribution in [0.15, 0.2) is 48.5 Å². The molecule has 2 nitrogen and oxygen atoms in total. The van der Waals surface area contributed by atoms with Gasteiger partial charge in [0.25, 0.3) is 0 Å². The molecule has 2 heteroatoms. The maximum Gasteiger partial charge on any atom is 0.119 e. The Labute approximate surface area is 115 Å². The summed E-state index contributed by atoms with van der Waals surface area (Å²) in [6.45, 7) is 5.20. The average Bonchev–Trinajstić information content (AvgIpc) is 2.46. The minimum atomic E-state index is 0.301. The van der Waals surface area contributed by atoms with Crippen LogP contribution in [-0.4, -0.2) is 7.11 Å². The molecule has 1 N–H and O–H groups in total. The Bertz CT molecular complexity index is 536. The molecular formula is C17H21NO. The number of methoxy groups -OCH3 is 1. The number of benzene rings is 2. The Balaban J connectivity index is 2.01. The van der Waals surface area contributed by atoms with Gasteiger partial charge in [0.15, 0.2) is 0 Å². The van der Waals surface area contributed by atoms with E-state index in [1.54, 1.807) is 7.11 Å². The molecule has 0 saturated carbocycles. The van der Waals surface area contributed by atoms with Gasteiger partial charge in [-0.2, -0.15) is 0 Å². The van der Waals surface area contributed by atoms with Gasteiger partial charge in [0.2, 0.25) is 0 Å². The van der Waals surface area contributed by atoms with E-state index in [9.17, 15) is 0 Å². The lowest BCUT2D eigenvalue weighted by atomic mass is 10.1. The highest BCUT2D eigenvalue weighted by molar-refractivity contribution is 5.30. The summed E-state index contributed by atoms with van der Waals surface area (Å²) in [5.74, 6) is 0.905. The topological polar surface area (TPSA) is 21.3 Å². The molecule has 2 aromatic carbocycles. The van der Waals surface area contributed by atoms with Crippen molar-refractivity contribution in [1.29, 1.82) is 0 Å². The number of hydrogen-bond donors (Lipinski definition) is 1. The molecule has 19 heavy (non-hydrogen) atoms. The summed E-state index contributed by atoms with van der Waals surface area (Å²) < 4.78 is 5.26. The van der Waals surface area contributed by atoms with Crippen molar-refractivity contribution in [3.8, 4) is 5.75 Å². The highest BCUT2D eigenvalue weighted by atomic mass is 16.5. The van der Waals surface area contributed by atoms with E-state index < -0.39 is 0 Å². The third-order valence-corrected chi connectivity index (χ3v) is 3.45. The smallest absolute Gasteiger partial charge is 0.119 e. The minimum absolute atomic E-state index is 0.301. The van der Waals surface area contributed by atoms with Crippen molar-refractivity contribution >= 4 is 0 Å². The van der Waals surface area contributed by atoms with Gasteiger partial charge < -0.3 is 10.1 Å². The monoisotopic (exact) mass is 255 g/mol. The second-order valence-corrected chi connectivity index (χ2v) is 4.81. The molecule has 0 amide bonds. The van der Waals surface area contributed by atoms with Gasteiger partial charge in [0.05, 0.1) is 7.11 Å². The number of rotatable bonds is 5. The Kier molecular flexibility index (Phi) is 4.58. The van der Waals surface area contributed by atoms with Gasteiger partial charge in [-0.15, -0.1) is 0 Å². The van der Waals surface area contributed by atoms with E-state index in [-0.39, 0.29) is 0 Å². The third kappa shape index (κ3) is 3.58. The van der Waals surface area contributed by atoms with Crippen LogP contribution >= 0.6 is 0 Å². The first-order valence-electron chi connectivity index (χ1n) is 6.62. The van der Waals surface area contributed by atoms with Crippen LogP contribution in [0.4, 0.5) is 0 Å². The fourth-order valence-electron chi connectivity index (χ4n) is 2.10. The van der Waals surface area contributed by atoms with Crippen LogP contribution in [0.2, 0.25) is 0 Å². The standard InChI is InChI=1S/C17H21NO/c1-13-7-4-5-8-16(13)12-18-14(2)15-9-6-10-17(11-15)19-3/h4-11,14,18H,12H2,1-3H3. The van der Waals surface area contributed by atoms with Crippen LogP contribution in [-0.2, 0) is 6.54 Å².